The first-order valence-electron chi connectivity index (χ1n) is 5.52. The van der Waals surface area contributed by atoms with Crippen LogP contribution in [0.4, 0.5) is 10.5 Å². The fourth-order valence-electron chi connectivity index (χ4n) is 1.71. The summed E-state index contributed by atoms with van der Waals surface area (Å²) in [5.74, 6) is 0. The Morgan fingerprint density at radius 2 is 1.81 bits per heavy atom. The molecule has 0 atom stereocenters. The number of carbonyl (C=O) groups excluding carboxylic acids is 1. The number of amides is 2. The van der Waals surface area contributed by atoms with E-state index in [9.17, 15) is 4.79 Å². The Morgan fingerprint density at radius 1 is 1.12 bits per heavy atom. The molecule has 0 aromatic heterocycles. The second kappa shape index (κ2) is 5.30. The number of para-hydroxylation sites is 1. The lowest BCUT2D eigenvalue weighted by Crippen LogP contribution is -2.25. The molecular weight excluding hydrogens is 202 g/mol. The van der Waals surface area contributed by atoms with Gasteiger partial charge in [0.15, 0.2) is 0 Å². The standard InChI is InChI=1S/C12H15N3O/c16-12(13-10-6-2-1-3-7-10)15-14-11-8-4-5-9-11/h1-3,6-7H,4-5,8-9H2,(H2,13,15,16). The number of nitrogens with one attached hydrogen (secondary N) is 2. The SMILES string of the molecule is O=C(NN=C1CCCC1)Nc1ccccc1. The molecule has 4 nitrogen and oxygen atoms in total. The van der Waals surface area contributed by atoms with Gasteiger partial charge in [0.05, 0.1) is 0 Å². The van der Waals surface area contributed by atoms with Gasteiger partial charge in [0.1, 0.15) is 0 Å². The molecule has 0 aliphatic heterocycles. The molecule has 0 unspecified atom stereocenters. The summed E-state index contributed by atoms with van der Waals surface area (Å²) in [4.78, 5) is 11.4. The van der Waals surface area contributed by atoms with Gasteiger partial charge in [-0.1, -0.05) is 18.2 Å². The van der Waals surface area contributed by atoms with Crippen LogP contribution in [-0.4, -0.2) is 11.7 Å². The maximum Gasteiger partial charge on any atom is 0.339 e. The maximum atomic E-state index is 11.4. The molecule has 1 aromatic carbocycles. The smallest absolute Gasteiger partial charge is 0.307 e. The predicted molar refractivity (Wildman–Crippen MR) is 64.5 cm³/mol. The van der Waals surface area contributed by atoms with Gasteiger partial charge in [-0.2, -0.15) is 5.10 Å². The summed E-state index contributed by atoms with van der Waals surface area (Å²) in [6.07, 6.45) is 4.37. The first-order valence-corrected chi connectivity index (χ1v) is 5.52. The van der Waals surface area contributed by atoms with Gasteiger partial charge >= 0.3 is 6.03 Å². The molecule has 0 heterocycles. The third-order valence-electron chi connectivity index (χ3n) is 2.53. The van der Waals surface area contributed by atoms with Crippen LogP contribution in [0.1, 0.15) is 25.7 Å². The lowest BCUT2D eigenvalue weighted by atomic mass is 10.3. The highest BCUT2D eigenvalue weighted by Crippen LogP contribution is 2.13. The molecule has 2 rings (SSSR count). The molecule has 1 aliphatic carbocycles. The average molecular weight is 217 g/mol. The van der Waals surface area contributed by atoms with Crippen LogP contribution < -0.4 is 10.7 Å². The Hall–Kier alpha value is -1.84. The quantitative estimate of drug-likeness (QED) is 0.735. The van der Waals surface area contributed by atoms with Crippen LogP contribution in [0.2, 0.25) is 0 Å². The van der Waals surface area contributed by atoms with Crippen LogP contribution >= 0.6 is 0 Å². The normalized spacial score (nSPS) is 14.6. The number of rotatable bonds is 2. The van der Waals surface area contributed by atoms with Crippen LogP contribution in [0, 0.1) is 0 Å². The molecule has 1 saturated carbocycles. The van der Waals surface area contributed by atoms with E-state index in [-0.39, 0.29) is 6.03 Å². The van der Waals surface area contributed by atoms with Crippen molar-refractivity contribution in [1.29, 1.82) is 0 Å². The zero-order chi connectivity index (χ0) is 11.2. The minimum atomic E-state index is -0.286. The van der Waals surface area contributed by atoms with E-state index in [1.54, 1.807) is 0 Å². The number of urea groups is 1. The summed E-state index contributed by atoms with van der Waals surface area (Å²) in [5, 5.41) is 6.78. The van der Waals surface area contributed by atoms with Crippen molar-refractivity contribution in [2.75, 3.05) is 5.32 Å². The molecule has 0 radical (unpaired) electrons. The molecule has 0 saturated heterocycles. The Morgan fingerprint density at radius 3 is 2.50 bits per heavy atom. The maximum absolute atomic E-state index is 11.4. The van der Waals surface area contributed by atoms with Crippen LogP contribution in [0.5, 0.6) is 0 Å². The monoisotopic (exact) mass is 217 g/mol. The van der Waals surface area contributed by atoms with Crippen molar-refractivity contribution in [3.63, 3.8) is 0 Å². The fraction of sp³-hybridized carbons (Fsp3) is 0.333. The van der Waals surface area contributed by atoms with E-state index in [0.29, 0.717) is 0 Å². The van der Waals surface area contributed by atoms with Crippen LogP contribution in [-0.2, 0) is 0 Å². The molecule has 1 fully saturated rings. The van der Waals surface area contributed by atoms with Crippen molar-refractivity contribution in [2.45, 2.75) is 25.7 Å². The minimum Gasteiger partial charge on any atom is -0.307 e. The second-order valence-electron chi connectivity index (χ2n) is 3.82. The Balaban J connectivity index is 1.82. The fourth-order valence-corrected chi connectivity index (χ4v) is 1.71. The van der Waals surface area contributed by atoms with Gasteiger partial charge in [-0.05, 0) is 37.8 Å². The van der Waals surface area contributed by atoms with Gasteiger partial charge in [0.25, 0.3) is 0 Å². The zero-order valence-corrected chi connectivity index (χ0v) is 9.07. The molecule has 1 aromatic rings. The van der Waals surface area contributed by atoms with Gasteiger partial charge in [-0.25, -0.2) is 10.2 Å². The van der Waals surface area contributed by atoms with E-state index in [2.05, 4.69) is 15.8 Å². The van der Waals surface area contributed by atoms with Crippen molar-refractivity contribution >= 4 is 17.4 Å². The number of hydrogen-bond donors (Lipinski definition) is 2. The van der Waals surface area contributed by atoms with Gasteiger partial charge in [-0.3, -0.25) is 0 Å². The largest absolute Gasteiger partial charge is 0.339 e. The van der Waals surface area contributed by atoms with Gasteiger partial charge in [0, 0.05) is 11.4 Å². The van der Waals surface area contributed by atoms with Crippen molar-refractivity contribution in [3.05, 3.63) is 30.3 Å². The third-order valence-corrected chi connectivity index (χ3v) is 2.53. The number of carbonyl (C=O) groups is 1. The molecule has 2 N–H and O–H groups in total. The highest BCUT2D eigenvalue weighted by molar-refractivity contribution is 5.91. The number of hydrogen-bond acceptors (Lipinski definition) is 2. The molecule has 84 valence electrons. The van der Waals surface area contributed by atoms with Crippen LogP contribution in [0.3, 0.4) is 0 Å². The Kier molecular flexibility index (Phi) is 3.53. The molecule has 4 heteroatoms. The van der Waals surface area contributed by atoms with Crippen molar-refractivity contribution < 1.29 is 4.79 Å². The minimum absolute atomic E-state index is 0.286. The first-order chi connectivity index (χ1) is 7.84. The summed E-state index contributed by atoms with van der Waals surface area (Å²) < 4.78 is 0. The lowest BCUT2D eigenvalue weighted by molar-refractivity contribution is 0.252. The number of hydrazone groups is 1. The topological polar surface area (TPSA) is 53.5 Å². The number of anilines is 1. The second-order valence-corrected chi connectivity index (χ2v) is 3.82. The predicted octanol–water partition coefficient (Wildman–Crippen LogP) is 2.74. The number of nitrogens with zero attached hydrogens (tertiary/aromatic N) is 1. The molecular formula is C12H15N3O. The third kappa shape index (κ3) is 3.08. The summed E-state index contributed by atoms with van der Waals surface area (Å²) in [6, 6.07) is 9.04. The van der Waals surface area contributed by atoms with Gasteiger partial charge in [0.2, 0.25) is 0 Å². The van der Waals surface area contributed by atoms with E-state index in [1.807, 2.05) is 30.3 Å². The lowest BCUT2D eigenvalue weighted by Gasteiger charge is -2.04. The van der Waals surface area contributed by atoms with E-state index in [0.717, 1.165) is 24.2 Å². The van der Waals surface area contributed by atoms with Crippen LogP contribution in [0.25, 0.3) is 0 Å². The van der Waals surface area contributed by atoms with E-state index in [4.69, 9.17) is 0 Å². The van der Waals surface area contributed by atoms with E-state index < -0.39 is 0 Å². The average Bonchev–Trinajstić information content (AvgIpc) is 2.81. The van der Waals surface area contributed by atoms with Crippen molar-refractivity contribution in [1.82, 2.24) is 5.43 Å². The summed E-state index contributed by atoms with van der Waals surface area (Å²) in [5.41, 5.74) is 4.37. The summed E-state index contributed by atoms with van der Waals surface area (Å²) in [6.45, 7) is 0. The Labute approximate surface area is 94.7 Å². The molecule has 16 heavy (non-hydrogen) atoms. The summed E-state index contributed by atoms with van der Waals surface area (Å²) in [7, 11) is 0. The van der Waals surface area contributed by atoms with Crippen LogP contribution in [0.15, 0.2) is 35.4 Å². The highest BCUT2D eigenvalue weighted by Gasteiger charge is 2.08. The van der Waals surface area contributed by atoms with Gasteiger partial charge in [-0.15, -0.1) is 0 Å². The first kappa shape index (κ1) is 10.7. The van der Waals surface area contributed by atoms with Crippen molar-refractivity contribution in [3.8, 4) is 0 Å². The Bertz CT molecular complexity index is 379. The highest BCUT2D eigenvalue weighted by atomic mass is 16.2. The number of benzene rings is 1. The molecule has 0 bridgehead atoms. The van der Waals surface area contributed by atoms with E-state index in [1.165, 1.54) is 12.8 Å². The molecule has 1 aliphatic rings. The molecule has 0 spiro atoms. The van der Waals surface area contributed by atoms with Gasteiger partial charge < -0.3 is 5.32 Å². The molecule has 2 amide bonds. The zero-order valence-electron chi connectivity index (χ0n) is 9.07. The van der Waals surface area contributed by atoms with Crippen molar-refractivity contribution in [2.24, 2.45) is 5.10 Å². The summed E-state index contributed by atoms with van der Waals surface area (Å²) >= 11 is 0. The van der Waals surface area contributed by atoms with E-state index >= 15 is 0 Å².